The average molecular weight is 185 g/mol. The molecule has 0 fully saturated rings. The molecule has 0 spiro atoms. The van der Waals surface area contributed by atoms with Crippen molar-refractivity contribution in [1.82, 2.24) is 4.98 Å². The lowest BCUT2D eigenvalue weighted by molar-refractivity contribution is 0.684. The maximum absolute atomic E-state index is 11.3. The summed E-state index contributed by atoms with van der Waals surface area (Å²) < 4.78 is 15.2. The number of rotatable bonds is 1. The first kappa shape index (κ1) is 8.99. The van der Waals surface area contributed by atoms with Crippen molar-refractivity contribution in [3.63, 3.8) is 0 Å². The summed E-state index contributed by atoms with van der Waals surface area (Å²) in [5.41, 5.74) is 6.54. The van der Waals surface area contributed by atoms with Gasteiger partial charge in [-0.05, 0) is 6.07 Å². The Balaban J connectivity index is 3.23. The number of nitrogens with zero attached hydrogens (tertiary/aromatic N) is 2. The molecule has 0 bridgehead atoms. The van der Waals surface area contributed by atoms with Crippen LogP contribution in [0.2, 0.25) is 0 Å². The van der Waals surface area contributed by atoms with Gasteiger partial charge in [0.1, 0.15) is 0 Å². The number of aromatic nitrogens is 1. The summed E-state index contributed by atoms with van der Waals surface area (Å²) in [6.07, 6.45) is 6.18. The Morgan fingerprint density at radius 3 is 2.75 bits per heavy atom. The summed E-state index contributed by atoms with van der Waals surface area (Å²) >= 11 is 0. The first-order chi connectivity index (χ1) is 5.49. The largest absolute Gasteiger partial charge is 0.396 e. The molecule has 66 valence electrons. The van der Waals surface area contributed by atoms with Crippen LogP contribution in [0.1, 0.15) is 0 Å². The highest BCUT2D eigenvalue weighted by Gasteiger charge is 1.97. The van der Waals surface area contributed by atoms with Crippen molar-refractivity contribution in [1.29, 1.82) is 0 Å². The molecule has 0 aliphatic rings. The van der Waals surface area contributed by atoms with E-state index in [1.807, 2.05) is 0 Å². The third-order valence-electron chi connectivity index (χ3n) is 1.15. The van der Waals surface area contributed by atoms with Crippen LogP contribution in [0.5, 0.6) is 0 Å². The van der Waals surface area contributed by atoms with Gasteiger partial charge in [-0.2, -0.15) is 4.36 Å². The van der Waals surface area contributed by atoms with Crippen molar-refractivity contribution in [3.8, 4) is 0 Å². The fourth-order valence-electron chi connectivity index (χ4n) is 0.719. The summed E-state index contributed by atoms with van der Waals surface area (Å²) in [6, 6.07) is 1.64. The van der Waals surface area contributed by atoms with E-state index in [2.05, 4.69) is 9.35 Å². The van der Waals surface area contributed by atoms with Gasteiger partial charge in [0, 0.05) is 28.4 Å². The van der Waals surface area contributed by atoms with E-state index in [9.17, 15) is 4.21 Å². The van der Waals surface area contributed by atoms with Crippen LogP contribution < -0.4 is 5.73 Å². The molecule has 0 saturated heterocycles. The van der Waals surface area contributed by atoms with Crippen LogP contribution in [0.4, 0.5) is 11.4 Å². The summed E-state index contributed by atoms with van der Waals surface area (Å²) in [5.74, 6) is 0. The summed E-state index contributed by atoms with van der Waals surface area (Å²) in [4.78, 5) is 3.80. The van der Waals surface area contributed by atoms with E-state index in [1.54, 1.807) is 24.8 Å². The van der Waals surface area contributed by atoms with Gasteiger partial charge in [-0.25, -0.2) is 4.21 Å². The quantitative estimate of drug-likeness (QED) is 0.710. The highest BCUT2D eigenvalue weighted by atomic mass is 32.2. The van der Waals surface area contributed by atoms with Gasteiger partial charge in [0.2, 0.25) is 0 Å². The van der Waals surface area contributed by atoms with Gasteiger partial charge in [0.05, 0.1) is 17.6 Å². The molecule has 0 saturated carbocycles. The van der Waals surface area contributed by atoms with E-state index in [0.29, 0.717) is 11.4 Å². The minimum absolute atomic E-state index is 0.453. The van der Waals surface area contributed by atoms with Gasteiger partial charge in [-0.3, -0.25) is 4.98 Å². The molecule has 0 aliphatic heterocycles. The van der Waals surface area contributed by atoms with Crippen molar-refractivity contribution < 1.29 is 4.21 Å². The second-order valence-electron chi connectivity index (χ2n) is 2.71. The van der Waals surface area contributed by atoms with Gasteiger partial charge in [0.25, 0.3) is 0 Å². The molecule has 0 aromatic carbocycles. The zero-order valence-corrected chi connectivity index (χ0v) is 7.84. The van der Waals surface area contributed by atoms with Crippen LogP contribution in [0.25, 0.3) is 0 Å². The van der Waals surface area contributed by atoms with E-state index >= 15 is 0 Å². The van der Waals surface area contributed by atoms with Gasteiger partial charge in [-0.1, -0.05) is 0 Å². The molecule has 2 N–H and O–H groups in total. The van der Waals surface area contributed by atoms with E-state index in [4.69, 9.17) is 5.73 Å². The molecule has 1 rings (SSSR count). The monoisotopic (exact) mass is 185 g/mol. The van der Waals surface area contributed by atoms with Crippen molar-refractivity contribution in [2.75, 3.05) is 18.2 Å². The Bertz CT molecular complexity index is 385. The van der Waals surface area contributed by atoms with Crippen LogP contribution in [0.15, 0.2) is 22.8 Å². The maximum Gasteiger partial charge on any atom is 0.0990 e. The van der Waals surface area contributed by atoms with Crippen molar-refractivity contribution in [2.45, 2.75) is 0 Å². The standard InChI is InChI=1S/C7H11N3OS/c1-12(2,11)10-7-3-4-9-5-6(7)8/h3-5H,8H2,1-2H3. The number of nitrogen functional groups attached to an aromatic ring is 1. The lowest BCUT2D eigenvalue weighted by atomic mass is 10.4. The molecule has 5 heteroatoms. The van der Waals surface area contributed by atoms with Crippen LogP contribution in [0, 0.1) is 0 Å². The maximum atomic E-state index is 11.3. The summed E-state index contributed by atoms with van der Waals surface area (Å²) in [6.45, 7) is 0. The Hall–Kier alpha value is -1.10. The molecule has 0 aliphatic carbocycles. The highest BCUT2D eigenvalue weighted by molar-refractivity contribution is 7.92. The molecule has 0 radical (unpaired) electrons. The zero-order valence-electron chi connectivity index (χ0n) is 7.02. The first-order valence-corrected chi connectivity index (χ1v) is 5.69. The topological polar surface area (TPSA) is 68.3 Å². The molecule has 0 unspecified atom stereocenters. The smallest absolute Gasteiger partial charge is 0.0990 e. The molecule has 0 amide bonds. The van der Waals surface area contributed by atoms with Crippen LogP contribution in [0.3, 0.4) is 0 Å². The number of nitrogens with two attached hydrogens (primary N) is 1. The highest BCUT2D eigenvalue weighted by Crippen LogP contribution is 2.20. The summed E-state index contributed by atoms with van der Waals surface area (Å²) in [5, 5.41) is 0. The zero-order chi connectivity index (χ0) is 9.19. The fraction of sp³-hybridized carbons (Fsp3) is 0.286. The van der Waals surface area contributed by atoms with E-state index in [0.717, 1.165) is 0 Å². The molecule has 1 aromatic rings. The van der Waals surface area contributed by atoms with Crippen LogP contribution >= 0.6 is 0 Å². The fourth-order valence-corrected chi connectivity index (χ4v) is 1.36. The molecule has 1 heterocycles. The van der Waals surface area contributed by atoms with Crippen molar-refractivity contribution in [2.24, 2.45) is 4.36 Å². The van der Waals surface area contributed by atoms with Crippen molar-refractivity contribution >= 4 is 21.1 Å². The Labute approximate surface area is 72.0 Å². The van der Waals surface area contributed by atoms with Crippen LogP contribution in [-0.4, -0.2) is 21.7 Å². The Morgan fingerprint density at radius 1 is 1.58 bits per heavy atom. The van der Waals surface area contributed by atoms with Gasteiger partial charge < -0.3 is 5.73 Å². The number of hydrogen-bond acceptors (Lipinski definition) is 4. The molecule has 1 aromatic heterocycles. The molecular weight excluding hydrogens is 174 g/mol. The summed E-state index contributed by atoms with van der Waals surface area (Å²) in [7, 11) is -2.13. The molecule has 12 heavy (non-hydrogen) atoms. The van der Waals surface area contributed by atoms with E-state index in [-0.39, 0.29) is 0 Å². The SMILES string of the molecule is CS(C)(=O)=Nc1ccncc1N. The van der Waals surface area contributed by atoms with Gasteiger partial charge in [0.15, 0.2) is 0 Å². The molecular formula is C7H11N3OS. The molecule has 4 nitrogen and oxygen atoms in total. The second kappa shape index (κ2) is 3.10. The van der Waals surface area contributed by atoms with Crippen molar-refractivity contribution in [3.05, 3.63) is 18.5 Å². The Morgan fingerprint density at radius 2 is 2.25 bits per heavy atom. The minimum Gasteiger partial charge on any atom is -0.396 e. The third-order valence-corrected chi connectivity index (χ3v) is 1.78. The van der Waals surface area contributed by atoms with Crippen LogP contribution in [-0.2, 0) is 9.73 Å². The molecule has 0 atom stereocenters. The normalized spacial score (nSPS) is 11.2. The predicted molar refractivity (Wildman–Crippen MR) is 50.7 cm³/mol. The second-order valence-corrected chi connectivity index (χ2v) is 5.25. The number of hydrogen-bond donors (Lipinski definition) is 1. The Kier molecular flexibility index (Phi) is 2.32. The lowest BCUT2D eigenvalue weighted by Gasteiger charge is -1.98. The minimum atomic E-state index is -2.13. The first-order valence-electron chi connectivity index (χ1n) is 3.36. The predicted octanol–water partition coefficient (Wildman–Crippen LogP) is 1.02. The average Bonchev–Trinajstić information content (AvgIpc) is 1.91. The van der Waals surface area contributed by atoms with Gasteiger partial charge in [-0.15, -0.1) is 0 Å². The third kappa shape index (κ3) is 2.50. The van der Waals surface area contributed by atoms with Gasteiger partial charge >= 0.3 is 0 Å². The number of pyridine rings is 1. The van der Waals surface area contributed by atoms with E-state index in [1.165, 1.54) is 6.20 Å². The van der Waals surface area contributed by atoms with E-state index < -0.39 is 9.73 Å². The lowest BCUT2D eigenvalue weighted by Crippen LogP contribution is -1.92. The number of anilines is 1.